The van der Waals surface area contributed by atoms with Crippen molar-refractivity contribution in [1.82, 2.24) is 9.97 Å². The molecule has 4 rings (SSSR count). The minimum Gasteiger partial charge on any atom is -0.465 e. The third kappa shape index (κ3) is 3.25. The number of aryl methyl sites for hydroxylation is 1. The molecule has 142 valence electrons. The van der Waals surface area contributed by atoms with E-state index in [1.807, 2.05) is 19.1 Å². The van der Waals surface area contributed by atoms with Crippen LogP contribution in [-0.4, -0.2) is 21.0 Å². The number of Topliss-reactive ketones (excluding diaryl/α,β-unsaturated/α-hetero) is 1. The second-order valence-electron chi connectivity index (χ2n) is 7.15. The summed E-state index contributed by atoms with van der Waals surface area (Å²) in [4.78, 5) is 33.3. The number of hydrogen-bond acceptors (Lipinski definition) is 6. The summed E-state index contributed by atoms with van der Waals surface area (Å²) in [5.74, 6) is 1.48. The lowest BCUT2D eigenvalue weighted by molar-refractivity contribution is -0.116. The molecule has 0 aromatic carbocycles. The fourth-order valence-electron chi connectivity index (χ4n) is 3.66. The number of furan rings is 1. The van der Waals surface area contributed by atoms with Gasteiger partial charge in [0.1, 0.15) is 17.3 Å². The second kappa shape index (κ2) is 7.03. The standard InChI is InChI=1S/C20H23N3O3S/c1-4-11(3)27-20-22-18-17(19(25)23-20)16(14-9-8-10(2)26-14)15-12(21-18)6-5-7-13(15)24/h8-9,11,16H,4-7H2,1-3H3,(H2,21,22,23,25)/t11-,16-/m1/s1. The van der Waals surface area contributed by atoms with Crippen LogP contribution in [0.1, 0.15) is 62.5 Å². The highest BCUT2D eigenvalue weighted by molar-refractivity contribution is 7.99. The molecule has 0 spiro atoms. The average Bonchev–Trinajstić information content (AvgIpc) is 3.06. The summed E-state index contributed by atoms with van der Waals surface area (Å²) < 4.78 is 5.84. The lowest BCUT2D eigenvalue weighted by Crippen LogP contribution is -2.32. The van der Waals surface area contributed by atoms with E-state index in [0.717, 1.165) is 30.7 Å². The number of aromatic nitrogens is 2. The van der Waals surface area contributed by atoms with E-state index in [-0.39, 0.29) is 11.3 Å². The van der Waals surface area contributed by atoms with Crippen LogP contribution in [0.25, 0.3) is 0 Å². The second-order valence-corrected chi connectivity index (χ2v) is 8.57. The van der Waals surface area contributed by atoms with Crippen LogP contribution in [-0.2, 0) is 4.79 Å². The number of carbonyl (C=O) groups excluding carboxylic acids is 1. The highest BCUT2D eigenvalue weighted by Crippen LogP contribution is 2.43. The van der Waals surface area contributed by atoms with Gasteiger partial charge < -0.3 is 14.7 Å². The molecule has 2 aromatic heterocycles. The van der Waals surface area contributed by atoms with Gasteiger partial charge in [0, 0.05) is 22.9 Å². The topological polar surface area (TPSA) is 88.0 Å². The van der Waals surface area contributed by atoms with Crippen LogP contribution >= 0.6 is 11.8 Å². The van der Waals surface area contributed by atoms with E-state index in [1.54, 1.807) is 11.8 Å². The van der Waals surface area contributed by atoms with Gasteiger partial charge in [-0.3, -0.25) is 9.59 Å². The molecule has 0 fully saturated rings. The van der Waals surface area contributed by atoms with Gasteiger partial charge in [-0.05, 0) is 38.3 Å². The Morgan fingerprint density at radius 2 is 2.15 bits per heavy atom. The van der Waals surface area contributed by atoms with Crippen LogP contribution in [0.3, 0.4) is 0 Å². The molecule has 1 aliphatic heterocycles. The Balaban J connectivity index is 1.88. The zero-order valence-corrected chi connectivity index (χ0v) is 16.5. The first kappa shape index (κ1) is 18.1. The van der Waals surface area contributed by atoms with Gasteiger partial charge in [0.2, 0.25) is 0 Å². The smallest absolute Gasteiger partial charge is 0.257 e. The van der Waals surface area contributed by atoms with E-state index in [2.05, 4.69) is 29.1 Å². The molecule has 0 saturated heterocycles. The zero-order chi connectivity index (χ0) is 19.1. The average molecular weight is 385 g/mol. The number of anilines is 1. The number of fused-ring (bicyclic) bond motifs is 1. The monoisotopic (exact) mass is 385 g/mol. The molecule has 0 radical (unpaired) electrons. The number of ketones is 1. The lowest BCUT2D eigenvalue weighted by atomic mass is 9.79. The highest BCUT2D eigenvalue weighted by atomic mass is 32.2. The van der Waals surface area contributed by atoms with Gasteiger partial charge in [-0.25, -0.2) is 4.98 Å². The third-order valence-electron chi connectivity index (χ3n) is 5.17. The van der Waals surface area contributed by atoms with Crippen LogP contribution in [0.2, 0.25) is 0 Å². The van der Waals surface area contributed by atoms with Crippen LogP contribution < -0.4 is 10.9 Å². The summed E-state index contributed by atoms with van der Waals surface area (Å²) in [5.41, 5.74) is 1.77. The molecular weight excluding hydrogens is 362 g/mol. The summed E-state index contributed by atoms with van der Waals surface area (Å²) >= 11 is 1.55. The van der Waals surface area contributed by atoms with Crippen molar-refractivity contribution in [2.75, 3.05) is 5.32 Å². The highest BCUT2D eigenvalue weighted by Gasteiger charge is 2.39. The zero-order valence-electron chi connectivity index (χ0n) is 15.7. The molecule has 2 aliphatic rings. The predicted octanol–water partition coefficient (Wildman–Crippen LogP) is 4.13. The molecule has 1 aliphatic carbocycles. The normalized spacial score (nSPS) is 20.1. The van der Waals surface area contributed by atoms with Crippen molar-refractivity contribution in [1.29, 1.82) is 0 Å². The Bertz CT molecular complexity index is 989. The first-order chi connectivity index (χ1) is 13.0. The van der Waals surface area contributed by atoms with Crippen LogP contribution in [0.5, 0.6) is 0 Å². The Morgan fingerprint density at radius 3 is 2.85 bits per heavy atom. The SMILES string of the molecule is CC[C@@H](C)Sc1nc2c(c(=O)[nH]1)[C@H](c1ccc(C)o1)C1=C(CCCC1=O)N2. The number of hydrogen-bond donors (Lipinski definition) is 2. The van der Waals surface area contributed by atoms with Crippen LogP contribution in [0.15, 0.2) is 37.8 Å². The van der Waals surface area contributed by atoms with Gasteiger partial charge in [-0.15, -0.1) is 0 Å². The quantitative estimate of drug-likeness (QED) is 0.608. The maximum Gasteiger partial charge on any atom is 0.257 e. The number of rotatable bonds is 4. The molecule has 2 atom stereocenters. The maximum absolute atomic E-state index is 13.0. The molecule has 2 N–H and O–H groups in total. The molecule has 0 bridgehead atoms. The number of H-pyrrole nitrogens is 1. The van der Waals surface area contributed by atoms with E-state index in [1.165, 1.54) is 0 Å². The minimum atomic E-state index is -0.503. The van der Waals surface area contributed by atoms with Crippen molar-refractivity contribution in [2.24, 2.45) is 0 Å². The Hall–Kier alpha value is -2.28. The minimum absolute atomic E-state index is 0.0749. The largest absolute Gasteiger partial charge is 0.465 e. The van der Waals surface area contributed by atoms with Crippen molar-refractivity contribution in [3.8, 4) is 0 Å². The molecule has 0 saturated carbocycles. The molecule has 2 aromatic rings. The van der Waals surface area contributed by atoms with Crippen molar-refractivity contribution in [2.45, 2.75) is 62.8 Å². The number of nitrogens with zero attached hydrogens (tertiary/aromatic N) is 1. The number of nitrogens with one attached hydrogen (secondary N) is 2. The van der Waals surface area contributed by atoms with Crippen molar-refractivity contribution < 1.29 is 9.21 Å². The van der Waals surface area contributed by atoms with E-state index in [9.17, 15) is 9.59 Å². The molecule has 0 unspecified atom stereocenters. The van der Waals surface area contributed by atoms with Crippen molar-refractivity contribution >= 4 is 23.4 Å². The van der Waals surface area contributed by atoms with E-state index < -0.39 is 5.92 Å². The first-order valence-electron chi connectivity index (χ1n) is 9.38. The lowest BCUT2D eigenvalue weighted by Gasteiger charge is -2.31. The number of carbonyl (C=O) groups is 1. The third-order valence-corrected chi connectivity index (χ3v) is 6.32. The molecule has 7 heteroatoms. The Labute approximate surface area is 161 Å². The number of aromatic amines is 1. The molecule has 27 heavy (non-hydrogen) atoms. The van der Waals surface area contributed by atoms with E-state index >= 15 is 0 Å². The summed E-state index contributed by atoms with van der Waals surface area (Å²) in [6, 6.07) is 3.71. The summed E-state index contributed by atoms with van der Waals surface area (Å²) in [6.07, 6.45) is 3.07. The number of allylic oxidation sites excluding steroid dienone is 2. The molecule has 3 heterocycles. The van der Waals surface area contributed by atoms with Crippen LogP contribution in [0.4, 0.5) is 5.82 Å². The molecule has 0 amide bonds. The van der Waals surface area contributed by atoms with Gasteiger partial charge in [0.05, 0.1) is 11.5 Å². The first-order valence-corrected chi connectivity index (χ1v) is 10.3. The Morgan fingerprint density at radius 1 is 1.33 bits per heavy atom. The maximum atomic E-state index is 13.0. The van der Waals surface area contributed by atoms with Gasteiger partial charge in [-0.2, -0.15) is 0 Å². The van der Waals surface area contributed by atoms with Crippen LogP contribution in [0, 0.1) is 6.92 Å². The van der Waals surface area contributed by atoms with Gasteiger partial charge in [0.25, 0.3) is 5.56 Å². The van der Waals surface area contributed by atoms with Gasteiger partial charge in [0.15, 0.2) is 10.9 Å². The number of thioether (sulfide) groups is 1. The van der Waals surface area contributed by atoms with Crippen molar-refractivity contribution in [3.05, 3.63) is 50.8 Å². The molecular formula is C20H23N3O3S. The predicted molar refractivity (Wildman–Crippen MR) is 105 cm³/mol. The summed E-state index contributed by atoms with van der Waals surface area (Å²) in [7, 11) is 0. The molecule has 6 nitrogen and oxygen atoms in total. The Kier molecular flexibility index (Phi) is 4.72. The van der Waals surface area contributed by atoms with E-state index in [4.69, 9.17) is 4.42 Å². The fourth-order valence-corrected chi connectivity index (χ4v) is 4.51. The van der Waals surface area contributed by atoms with E-state index in [0.29, 0.717) is 39.5 Å². The summed E-state index contributed by atoms with van der Waals surface area (Å²) in [6.45, 7) is 6.07. The summed E-state index contributed by atoms with van der Waals surface area (Å²) in [5, 5.41) is 4.23. The van der Waals surface area contributed by atoms with Crippen molar-refractivity contribution in [3.63, 3.8) is 0 Å². The van der Waals surface area contributed by atoms with Gasteiger partial charge >= 0.3 is 0 Å². The van der Waals surface area contributed by atoms with Gasteiger partial charge in [-0.1, -0.05) is 25.6 Å². The fraction of sp³-hybridized carbons (Fsp3) is 0.450.